The second-order valence-corrected chi connectivity index (χ2v) is 12.4. The fraction of sp³-hybridized carbons (Fsp3) is 0.243. The van der Waals surface area contributed by atoms with Crippen LogP contribution in [0.4, 0.5) is 4.79 Å². The molecule has 0 fully saturated rings. The van der Waals surface area contributed by atoms with Crippen LogP contribution in [-0.2, 0) is 28.9 Å². The van der Waals surface area contributed by atoms with Crippen molar-refractivity contribution in [2.24, 2.45) is 0 Å². The van der Waals surface area contributed by atoms with Gasteiger partial charge in [0, 0.05) is 24.9 Å². The van der Waals surface area contributed by atoms with Crippen molar-refractivity contribution >= 4 is 34.6 Å². The van der Waals surface area contributed by atoms with Crippen molar-refractivity contribution in [3.05, 3.63) is 131 Å². The number of ether oxygens (including phenoxy) is 1. The normalized spacial score (nSPS) is 12.5. The van der Waals surface area contributed by atoms with Gasteiger partial charge < -0.3 is 30.3 Å². The van der Waals surface area contributed by atoms with Crippen LogP contribution in [0.25, 0.3) is 10.8 Å². The summed E-state index contributed by atoms with van der Waals surface area (Å²) in [6, 6.07) is 27.6. The smallest absolute Gasteiger partial charge is 0.407 e. The van der Waals surface area contributed by atoms with E-state index in [2.05, 4.69) is 26.1 Å². The van der Waals surface area contributed by atoms with Gasteiger partial charge in [0.2, 0.25) is 11.8 Å². The highest BCUT2D eigenvalue weighted by atomic mass is 16.6. The molecule has 2 unspecified atom stereocenters. The first-order chi connectivity index (χ1) is 23.4. The Balaban J connectivity index is 1.42. The highest BCUT2D eigenvalue weighted by molar-refractivity contribution is 5.99. The molecule has 49 heavy (non-hydrogen) atoms. The molecule has 12 heteroatoms. The maximum Gasteiger partial charge on any atom is 0.407 e. The van der Waals surface area contributed by atoms with Crippen molar-refractivity contribution in [1.29, 1.82) is 0 Å². The molecule has 0 bridgehead atoms. The second kappa shape index (κ2) is 15.2. The largest absolute Gasteiger partial charge is 0.475 e. The summed E-state index contributed by atoms with van der Waals surface area (Å²) in [6.07, 6.45) is -0.292. The molecule has 2 atom stereocenters. The number of benzene rings is 4. The summed E-state index contributed by atoms with van der Waals surface area (Å²) in [5, 5.41) is 23.4. The van der Waals surface area contributed by atoms with Crippen molar-refractivity contribution in [2.45, 2.75) is 57.8 Å². The SMILES string of the molecule is CC(C)(C)OC(=O)NCc1ccccc1C(=O)NC(Cc1ccc2ccccc2c1)C(=O)NC(Cc1ccccc1)c1nc(C(=O)O)no1. The summed E-state index contributed by atoms with van der Waals surface area (Å²) in [4.78, 5) is 55.8. The highest BCUT2D eigenvalue weighted by Crippen LogP contribution is 2.20. The Morgan fingerprint density at radius 1 is 0.816 bits per heavy atom. The van der Waals surface area contributed by atoms with Gasteiger partial charge in [-0.05, 0) is 59.5 Å². The number of carbonyl (C=O) groups excluding carboxylic acids is 3. The number of alkyl carbamates (subject to hydrolysis) is 1. The number of nitrogens with zero attached hydrogens (tertiary/aromatic N) is 2. The Morgan fingerprint density at radius 3 is 2.22 bits per heavy atom. The van der Waals surface area contributed by atoms with Gasteiger partial charge in [-0.1, -0.05) is 91.0 Å². The number of hydrogen-bond acceptors (Lipinski definition) is 8. The average molecular weight is 664 g/mol. The van der Waals surface area contributed by atoms with Crippen molar-refractivity contribution < 1.29 is 33.5 Å². The lowest BCUT2D eigenvalue weighted by Gasteiger charge is -2.23. The van der Waals surface area contributed by atoms with E-state index in [1.165, 1.54) is 0 Å². The number of aromatic nitrogens is 2. The minimum atomic E-state index is -1.37. The Hall–Kier alpha value is -6.04. The van der Waals surface area contributed by atoms with Gasteiger partial charge in [-0.15, -0.1) is 0 Å². The fourth-order valence-electron chi connectivity index (χ4n) is 5.21. The molecular weight excluding hydrogens is 626 g/mol. The van der Waals surface area contributed by atoms with Crippen LogP contribution in [0.2, 0.25) is 0 Å². The lowest BCUT2D eigenvalue weighted by molar-refractivity contribution is -0.123. The topological polar surface area (TPSA) is 173 Å². The molecule has 1 heterocycles. The van der Waals surface area contributed by atoms with E-state index in [-0.39, 0.29) is 30.8 Å². The predicted molar refractivity (Wildman–Crippen MR) is 181 cm³/mol. The Kier molecular flexibility index (Phi) is 10.7. The Labute approximate surface area is 282 Å². The first-order valence-electron chi connectivity index (χ1n) is 15.7. The zero-order valence-electron chi connectivity index (χ0n) is 27.3. The molecule has 0 saturated carbocycles. The molecule has 0 aliphatic carbocycles. The summed E-state index contributed by atoms with van der Waals surface area (Å²) in [5.74, 6) is -3.10. The molecule has 0 radical (unpaired) electrons. The lowest BCUT2D eigenvalue weighted by Crippen LogP contribution is -2.49. The average Bonchev–Trinajstić information content (AvgIpc) is 3.58. The van der Waals surface area contributed by atoms with Gasteiger partial charge in [0.05, 0.1) is 0 Å². The van der Waals surface area contributed by atoms with Crippen LogP contribution in [0.15, 0.2) is 102 Å². The van der Waals surface area contributed by atoms with Crippen LogP contribution in [-0.4, -0.2) is 50.8 Å². The number of carboxylic acids is 1. The van der Waals surface area contributed by atoms with E-state index in [9.17, 15) is 24.3 Å². The van der Waals surface area contributed by atoms with E-state index in [1.54, 1.807) is 45.0 Å². The summed E-state index contributed by atoms with van der Waals surface area (Å²) in [5.41, 5.74) is 1.71. The van der Waals surface area contributed by atoms with Crippen LogP contribution in [0.5, 0.6) is 0 Å². The third-order valence-corrected chi connectivity index (χ3v) is 7.49. The van der Waals surface area contributed by atoms with Crippen LogP contribution < -0.4 is 16.0 Å². The molecule has 252 valence electrons. The van der Waals surface area contributed by atoms with Crippen molar-refractivity contribution in [3.8, 4) is 0 Å². The standard InChI is InChI=1S/C37H37N5O7/c1-37(2,3)48-36(47)38-22-27-15-9-10-16-28(27)32(43)39-29(21-24-17-18-25-13-7-8-14-26(25)19-24)33(44)40-30(20-23-11-5-4-6-12-23)34-41-31(35(45)46)42-49-34/h4-19,29-30H,20-22H2,1-3H3,(H,38,47)(H,39,43)(H,40,44)(H,45,46). The Bertz CT molecular complexity index is 1950. The number of amides is 3. The van der Waals surface area contributed by atoms with Crippen molar-refractivity contribution in [2.75, 3.05) is 0 Å². The maximum absolute atomic E-state index is 14.1. The van der Waals surface area contributed by atoms with Gasteiger partial charge in [0.15, 0.2) is 0 Å². The molecular formula is C37H37N5O7. The molecule has 4 aromatic carbocycles. The molecule has 0 aliphatic heterocycles. The molecule has 5 aromatic rings. The van der Waals surface area contributed by atoms with E-state index < -0.39 is 47.4 Å². The van der Waals surface area contributed by atoms with Crippen LogP contribution in [0, 0.1) is 0 Å². The summed E-state index contributed by atoms with van der Waals surface area (Å²) in [7, 11) is 0. The predicted octanol–water partition coefficient (Wildman–Crippen LogP) is 5.39. The molecule has 0 aliphatic rings. The lowest BCUT2D eigenvalue weighted by atomic mass is 9.99. The summed E-state index contributed by atoms with van der Waals surface area (Å²) in [6.45, 7) is 5.27. The molecule has 5 rings (SSSR count). The fourth-order valence-corrected chi connectivity index (χ4v) is 5.21. The summed E-state index contributed by atoms with van der Waals surface area (Å²) >= 11 is 0. The number of hydrogen-bond donors (Lipinski definition) is 4. The maximum atomic E-state index is 14.1. The minimum Gasteiger partial charge on any atom is -0.475 e. The molecule has 1 aromatic heterocycles. The number of nitrogens with one attached hydrogen (secondary N) is 3. The number of rotatable bonds is 12. The van der Waals surface area contributed by atoms with E-state index >= 15 is 0 Å². The minimum absolute atomic E-state index is 0.0161. The summed E-state index contributed by atoms with van der Waals surface area (Å²) < 4.78 is 10.6. The van der Waals surface area contributed by atoms with E-state index in [0.29, 0.717) is 5.56 Å². The van der Waals surface area contributed by atoms with Gasteiger partial charge in [-0.2, -0.15) is 4.98 Å². The number of carboxylic acid groups (broad SMARTS) is 1. The van der Waals surface area contributed by atoms with Crippen LogP contribution in [0.1, 0.15) is 70.4 Å². The molecule has 12 nitrogen and oxygen atoms in total. The van der Waals surface area contributed by atoms with Gasteiger partial charge >= 0.3 is 12.1 Å². The first-order valence-corrected chi connectivity index (χ1v) is 15.7. The Morgan fingerprint density at radius 2 is 1.51 bits per heavy atom. The van der Waals surface area contributed by atoms with E-state index in [4.69, 9.17) is 9.26 Å². The molecule has 4 N–H and O–H groups in total. The van der Waals surface area contributed by atoms with E-state index in [1.807, 2.05) is 72.8 Å². The second-order valence-electron chi connectivity index (χ2n) is 12.4. The quantitative estimate of drug-likeness (QED) is 0.137. The highest BCUT2D eigenvalue weighted by Gasteiger charge is 2.29. The van der Waals surface area contributed by atoms with Gasteiger partial charge in [-0.3, -0.25) is 9.59 Å². The van der Waals surface area contributed by atoms with Crippen molar-refractivity contribution in [3.63, 3.8) is 0 Å². The zero-order chi connectivity index (χ0) is 35.0. The zero-order valence-corrected chi connectivity index (χ0v) is 27.3. The third-order valence-electron chi connectivity index (χ3n) is 7.49. The first kappa shape index (κ1) is 34.3. The third kappa shape index (κ3) is 9.50. The van der Waals surface area contributed by atoms with Gasteiger partial charge in [0.1, 0.15) is 17.7 Å². The van der Waals surface area contributed by atoms with Gasteiger partial charge in [0.25, 0.3) is 11.7 Å². The number of aromatic carboxylic acids is 1. The molecule has 0 saturated heterocycles. The van der Waals surface area contributed by atoms with Gasteiger partial charge in [-0.25, -0.2) is 9.59 Å². The number of carbonyl (C=O) groups is 4. The van der Waals surface area contributed by atoms with Crippen LogP contribution >= 0.6 is 0 Å². The monoisotopic (exact) mass is 663 g/mol. The molecule has 0 spiro atoms. The molecule has 3 amide bonds. The number of fused-ring (bicyclic) bond motifs is 1. The van der Waals surface area contributed by atoms with Crippen LogP contribution in [0.3, 0.4) is 0 Å². The van der Waals surface area contributed by atoms with E-state index in [0.717, 1.165) is 21.9 Å². The van der Waals surface area contributed by atoms with Crippen molar-refractivity contribution in [1.82, 2.24) is 26.1 Å².